The Labute approximate surface area is 117 Å². The number of para-hydroxylation sites is 1. The summed E-state index contributed by atoms with van der Waals surface area (Å²) in [7, 11) is 0. The van der Waals surface area contributed by atoms with Crippen LogP contribution in [0.3, 0.4) is 0 Å². The molecule has 1 aromatic carbocycles. The van der Waals surface area contributed by atoms with Crippen LogP contribution in [0.2, 0.25) is 0 Å². The zero-order valence-electron chi connectivity index (χ0n) is 9.61. The lowest BCUT2D eigenvalue weighted by molar-refractivity contribution is 0.0692. The highest BCUT2D eigenvalue weighted by Gasteiger charge is 2.15. The number of carbonyl (C=O) groups is 1. The van der Waals surface area contributed by atoms with Crippen LogP contribution < -0.4 is 0 Å². The first-order valence-electron chi connectivity index (χ1n) is 5.44. The quantitative estimate of drug-likeness (QED) is 0.798. The van der Waals surface area contributed by atoms with Crippen molar-refractivity contribution in [2.75, 3.05) is 0 Å². The van der Waals surface area contributed by atoms with Gasteiger partial charge in [0.25, 0.3) is 0 Å². The van der Waals surface area contributed by atoms with Crippen molar-refractivity contribution < 1.29 is 9.90 Å². The molecule has 0 unspecified atom stereocenters. The van der Waals surface area contributed by atoms with Crippen LogP contribution in [0.15, 0.2) is 51.3 Å². The van der Waals surface area contributed by atoms with E-state index in [1.54, 1.807) is 12.3 Å². The van der Waals surface area contributed by atoms with Gasteiger partial charge in [0.15, 0.2) is 4.34 Å². The molecule has 0 aliphatic heterocycles. The topological polar surface area (TPSA) is 63.1 Å². The van der Waals surface area contributed by atoms with E-state index in [0.29, 0.717) is 5.03 Å². The molecule has 6 heteroatoms. The van der Waals surface area contributed by atoms with Crippen LogP contribution in [0.1, 0.15) is 10.4 Å². The fourth-order valence-electron chi connectivity index (χ4n) is 1.67. The predicted molar refractivity (Wildman–Crippen MR) is 74.9 cm³/mol. The molecular weight excluding hydrogens is 280 g/mol. The Morgan fingerprint density at radius 3 is 2.89 bits per heavy atom. The summed E-state index contributed by atoms with van der Waals surface area (Å²) in [5, 5.41) is 12.4. The van der Waals surface area contributed by atoms with Crippen LogP contribution >= 0.6 is 23.1 Å². The van der Waals surface area contributed by atoms with E-state index in [1.807, 2.05) is 29.6 Å². The highest BCUT2D eigenvalue weighted by atomic mass is 32.2. The standard InChI is InChI=1S/C13H8N2O2S2/c16-12(17)9-7-8-3-1-2-4-10(8)15-11(9)19-13-14-5-6-18-13/h1-7H,(H,16,17). The van der Waals surface area contributed by atoms with E-state index in [4.69, 9.17) is 0 Å². The highest BCUT2D eigenvalue weighted by molar-refractivity contribution is 8.01. The third-order valence-corrected chi connectivity index (χ3v) is 4.40. The molecule has 0 aliphatic carbocycles. The molecule has 4 nitrogen and oxygen atoms in total. The second kappa shape index (κ2) is 4.99. The smallest absolute Gasteiger partial charge is 0.338 e. The molecule has 19 heavy (non-hydrogen) atoms. The van der Waals surface area contributed by atoms with Gasteiger partial charge in [0.05, 0.1) is 11.1 Å². The molecule has 0 radical (unpaired) electrons. The molecule has 2 heterocycles. The normalized spacial score (nSPS) is 10.7. The first kappa shape index (κ1) is 12.1. The van der Waals surface area contributed by atoms with Gasteiger partial charge in [0.1, 0.15) is 5.03 Å². The minimum Gasteiger partial charge on any atom is -0.478 e. The maximum atomic E-state index is 11.3. The number of hydrogen-bond donors (Lipinski definition) is 1. The third kappa shape index (κ3) is 2.45. The average Bonchev–Trinajstić information content (AvgIpc) is 2.90. The second-order valence-corrected chi connectivity index (χ2v) is 5.87. The third-order valence-electron chi connectivity index (χ3n) is 2.51. The molecule has 0 spiro atoms. The minimum atomic E-state index is -0.975. The zero-order valence-corrected chi connectivity index (χ0v) is 11.2. The van der Waals surface area contributed by atoms with E-state index in [9.17, 15) is 9.90 Å². The molecule has 3 aromatic rings. The molecule has 0 saturated heterocycles. The van der Waals surface area contributed by atoms with Crippen molar-refractivity contribution in [1.29, 1.82) is 0 Å². The van der Waals surface area contributed by atoms with Gasteiger partial charge in [-0.25, -0.2) is 14.8 Å². The van der Waals surface area contributed by atoms with Gasteiger partial charge < -0.3 is 5.11 Å². The first-order chi connectivity index (χ1) is 9.24. The second-order valence-electron chi connectivity index (χ2n) is 3.74. The Morgan fingerprint density at radius 1 is 1.32 bits per heavy atom. The molecule has 0 amide bonds. The summed E-state index contributed by atoms with van der Waals surface area (Å²) in [5.74, 6) is -0.975. The number of hydrogen-bond acceptors (Lipinski definition) is 5. The van der Waals surface area contributed by atoms with Gasteiger partial charge >= 0.3 is 5.97 Å². The fourth-order valence-corrected chi connectivity index (χ4v) is 3.31. The van der Waals surface area contributed by atoms with Crippen molar-refractivity contribution in [1.82, 2.24) is 9.97 Å². The van der Waals surface area contributed by atoms with Crippen molar-refractivity contribution in [2.45, 2.75) is 9.37 Å². The van der Waals surface area contributed by atoms with Crippen LogP contribution in [-0.4, -0.2) is 21.0 Å². The molecule has 0 bridgehead atoms. The largest absolute Gasteiger partial charge is 0.478 e. The summed E-state index contributed by atoms with van der Waals surface area (Å²) in [5.41, 5.74) is 0.991. The summed E-state index contributed by atoms with van der Waals surface area (Å²) in [4.78, 5) is 19.9. The summed E-state index contributed by atoms with van der Waals surface area (Å²) >= 11 is 2.74. The zero-order chi connectivity index (χ0) is 13.2. The average molecular weight is 288 g/mol. The van der Waals surface area contributed by atoms with Crippen LogP contribution in [-0.2, 0) is 0 Å². The van der Waals surface area contributed by atoms with E-state index < -0.39 is 5.97 Å². The number of pyridine rings is 1. The molecule has 2 aromatic heterocycles. The van der Waals surface area contributed by atoms with Gasteiger partial charge in [-0.3, -0.25) is 0 Å². The Balaban J connectivity index is 2.15. The maximum absolute atomic E-state index is 11.3. The highest BCUT2D eigenvalue weighted by Crippen LogP contribution is 2.32. The first-order valence-corrected chi connectivity index (χ1v) is 7.14. The number of thiazole rings is 1. The summed E-state index contributed by atoms with van der Waals surface area (Å²) in [6.07, 6.45) is 1.69. The summed E-state index contributed by atoms with van der Waals surface area (Å²) in [6, 6.07) is 9.12. The number of carboxylic acid groups (broad SMARTS) is 1. The monoisotopic (exact) mass is 288 g/mol. The Hall–Kier alpha value is -1.92. The van der Waals surface area contributed by atoms with Gasteiger partial charge in [-0.05, 0) is 23.9 Å². The molecule has 3 rings (SSSR count). The van der Waals surface area contributed by atoms with Crippen molar-refractivity contribution >= 4 is 40.0 Å². The predicted octanol–water partition coefficient (Wildman–Crippen LogP) is 3.54. The molecular formula is C13H8N2O2S2. The molecule has 0 aliphatic rings. The number of nitrogens with zero attached hydrogens (tertiary/aromatic N) is 2. The van der Waals surface area contributed by atoms with Crippen LogP contribution in [0.25, 0.3) is 10.9 Å². The van der Waals surface area contributed by atoms with Crippen LogP contribution in [0.5, 0.6) is 0 Å². The number of fused-ring (bicyclic) bond motifs is 1. The molecule has 1 N–H and O–H groups in total. The van der Waals surface area contributed by atoms with E-state index in [1.165, 1.54) is 23.1 Å². The van der Waals surface area contributed by atoms with Crippen LogP contribution in [0.4, 0.5) is 0 Å². The fraction of sp³-hybridized carbons (Fsp3) is 0. The maximum Gasteiger partial charge on any atom is 0.338 e. The Morgan fingerprint density at radius 2 is 2.16 bits per heavy atom. The summed E-state index contributed by atoms with van der Waals surface area (Å²) < 4.78 is 0.783. The van der Waals surface area contributed by atoms with Gasteiger partial charge in [-0.1, -0.05) is 18.2 Å². The minimum absolute atomic E-state index is 0.207. The SMILES string of the molecule is O=C(O)c1cc2ccccc2nc1Sc1nccs1. The lowest BCUT2D eigenvalue weighted by atomic mass is 10.1. The molecule has 0 saturated carbocycles. The number of benzene rings is 1. The molecule has 0 fully saturated rings. The van der Waals surface area contributed by atoms with E-state index in [0.717, 1.165) is 15.2 Å². The van der Waals surface area contributed by atoms with Crippen molar-refractivity contribution in [3.8, 4) is 0 Å². The Bertz CT molecular complexity index is 741. The van der Waals surface area contributed by atoms with Gasteiger partial charge in [-0.15, -0.1) is 11.3 Å². The van der Waals surface area contributed by atoms with E-state index in [2.05, 4.69) is 9.97 Å². The molecule has 0 atom stereocenters. The summed E-state index contributed by atoms with van der Waals surface area (Å²) in [6.45, 7) is 0. The lowest BCUT2D eigenvalue weighted by Gasteiger charge is -2.05. The van der Waals surface area contributed by atoms with Crippen molar-refractivity contribution in [3.05, 3.63) is 47.5 Å². The van der Waals surface area contributed by atoms with Gasteiger partial charge in [-0.2, -0.15) is 0 Å². The Kier molecular flexibility index (Phi) is 3.18. The van der Waals surface area contributed by atoms with Gasteiger partial charge in [0, 0.05) is 17.0 Å². The number of carboxylic acids is 1. The number of aromatic carboxylic acids is 1. The lowest BCUT2D eigenvalue weighted by Crippen LogP contribution is -2.01. The van der Waals surface area contributed by atoms with Crippen molar-refractivity contribution in [2.24, 2.45) is 0 Å². The van der Waals surface area contributed by atoms with Crippen molar-refractivity contribution in [3.63, 3.8) is 0 Å². The van der Waals surface area contributed by atoms with E-state index in [-0.39, 0.29) is 5.56 Å². The van der Waals surface area contributed by atoms with Gasteiger partial charge in [0.2, 0.25) is 0 Å². The van der Waals surface area contributed by atoms with Crippen LogP contribution in [0, 0.1) is 0 Å². The molecule has 94 valence electrons. The number of aromatic nitrogens is 2. The van der Waals surface area contributed by atoms with E-state index >= 15 is 0 Å². The number of rotatable bonds is 3.